The highest BCUT2D eigenvalue weighted by Gasteiger charge is 2.39. The van der Waals surface area contributed by atoms with Gasteiger partial charge in [0.15, 0.2) is 11.5 Å². The predicted octanol–water partition coefficient (Wildman–Crippen LogP) is 3.69. The lowest BCUT2D eigenvalue weighted by atomic mass is 10.2. The highest BCUT2D eigenvalue weighted by Crippen LogP contribution is 2.29. The highest BCUT2D eigenvalue weighted by molar-refractivity contribution is 6.60. The number of hydrogen-bond donors (Lipinski definition) is 0. The Labute approximate surface area is 163 Å². The van der Waals surface area contributed by atoms with Crippen molar-refractivity contribution in [2.45, 2.75) is 40.2 Å². The van der Waals surface area contributed by atoms with Crippen LogP contribution in [0.4, 0.5) is 0 Å². The van der Waals surface area contributed by atoms with Crippen molar-refractivity contribution in [2.75, 3.05) is 40.1 Å². The highest BCUT2D eigenvalue weighted by atomic mass is 28.4. The third-order valence-electron chi connectivity index (χ3n) is 3.65. The van der Waals surface area contributed by atoms with Crippen LogP contribution in [0.2, 0.25) is 6.04 Å². The smallest absolute Gasteiger partial charge is 0.493 e. The average molecular weight is 401 g/mol. The Bertz CT molecular complexity index is 548. The van der Waals surface area contributed by atoms with Gasteiger partial charge in [0.05, 0.1) is 25.9 Å². The number of benzene rings is 1. The molecule has 0 aliphatic carbocycles. The third kappa shape index (κ3) is 7.49. The molecule has 0 amide bonds. The van der Waals surface area contributed by atoms with Gasteiger partial charge in [-0.2, -0.15) is 0 Å². The molecule has 0 heterocycles. The molecule has 154 valence electrons. The maximum absolute atomic E-state index is 11.8. The van der Waals surface area contributed by atoms with E-state index in [-0.39, 0.29) is 5.97 Å². The summed E-state index contributed by atoms with van der Waals surface area (Å²) in [5.74, 6) is 0.675. The number of carbonyl (C=O) groups is 1. The van der Waals surface area contributed by atoms with Crippen LogP contribution < -0.4 is 9.47 Å². The first-order valence-corrected chi connectivity index (χ1v) is 11.4. The molecule has 0 N–H and O–H groups in total. The van der Waals surface area contributed by atoms with Crippen molar-refractivity contribution in [3.05, 3.63) is 23.8 Å². The zero-order chi connectivity index (χ0) is 20.1. The number of rotatable bonds is 14. The fourth-order valence-corrected chi connectivity index (χ4v) is 5.18. The molecular weight excluding hydrogens is 368 g/mol. The van der Waals surface area contributed by atoms with Crippen molar-refractivity contribution < 1.29 is 32.3 Å². The van der Waals surface area contributed by atoms with E-state index in [0.717, 1.165) is 6.42 Å². The fraction of sp³-hybridized carbons (Fsp3) is 0.632. The summed E-state index contributed by atoms with van der Waals surface area (Å²) >= 11 is 0. The van der Waals surface area contributed by atoms with Crippen LogP contribution in [0.3, 0.4) is 0 Å². The summed E-state index contributed by atoms with van der Waals surface area (Å²) in [6.45, 7) is 10.0. The van der Waals surface area contributed by atoms with E-state index < -0.39 is 8.80 Å². The average Bonchev–Trinajstić information content (AvgIpc) is 2.66. The third-order valence-corrected chi connectivity index (χ3v) is 6.80. The van der Waals surface area contributed by atoms with E-state index >= 15 is 0 Å². The van der Waals surface area contributed by atoms with Gasteiger partial charge in [0.2, 0.25) is 0 Å². The van der Waals surface area contributed by atoms with Crippen molar-refractivity contribution in [3.8, 4) is 11.5 Å². The molecule has 0 radical (unpaired) electrons. The van der Waals surface area contributed by atoms with E-state index in [1.165, 1.54) is 7.11 Å². The first-order valence-electron chi connectivity index (χ1n) is 9.45. The van der Waals surface area contributed by atoms with Crippen molar-refractivity contribution in [1.29, 1.82) is 0 Å². The first-order chi connectivity index (χ1) is 13.1. The van der Waals surface area contributed by atoms with Crippen LogP contribution in [-0.4, -0.2) is 54.9 Å². The van der Waals surface area contributed by atoms with Gasteiger partial charge in [0, 0.05) is 25.9 Å². The minimum absolute atomic E-state index is 0.324. The maximum Gasteiger partial charge on any atom is 0.501 e. The lowest BCUT2D eigenvalue weighted by Crippen LogP contribution is -2.46. The van der Waals surface area contributed by atoms with Crippen LogP contribution in [0, 0.1) is 0 Å². The summed E-state index contributed by atoms with van der Waals surface area (Å²) in [7, 11) is -1.13. The first kappa shape index (κ1) is 23.4. The van der Waals surface area contributed by atoms with Crippen molar-refractivity contribution in [2.24, 2.45) is 0 Å². The standard InChI is InChI=1S/C19H32O7Si/c1-6-22-19(20)16-11-12-17(18(15-16)21-5)23-13-10-14-27(24-7-2,25-8-3)26-9-4/h11-12,15H,6-10,13-14H2,1-5H3. The lowest BCUT2D eigenvalue weighted by Gasteiger charge is -2.28. The van der Waals surface area contributed by atoms with E-state index in [9.17, 15) is 4.79 Å². The maximum atomic E-state index is 11.8. The summed E-state index contributed by atoms with van der Waals surface area (Å²) in [5, 5.41) is 0. The molecule has 0 aromatic heterocycles. The molecule has 1 aromatic carbocycles. The van der Waals surface area contributed by atoms with Crippen LogP contribution in [0.5, 0.6) is 11.5 Å². The monoisotopic (exact) mass is 400 g/mol. The normalized spacial score (nSPS) is 11.3. The van der Waals surface area contributed by atoms with Gasteiger partial charge < -0.3 is 27.5 Å². The molecule has 0 atom stereocenters. The number of hydrogen-bond acceptors (Lipinski definition) is 7. The Morgan fingerprint density at radius 1 is 0.926 bits per heavy atom. The Kier molecular flexibility index (Phi) is 11.0. The predicted molar refractivity (Wildman–Crippen MR) is 105 cm³/mol. The Hall–Kier alpha value is -1.61. The van der Waals surface area contributed by atoms with Gasteiger partial charge in [-0.05, 0) is 52.3 Å². The van der Waals surface area contributed by atoms with E-state index in [2.05, 4.69) is 0 Å². The quantitative estimate of drug-likeness (QED) is 0.268. The number of methoxy groups -OCH3 is 1. The number of esters is 1. The Balaban J connectivity index is 2.67. The van der Waals surface area contributed by atoms with Gasteiger partial charge in [0.25, 0.3) is 0 Å². The summed E-state index contributed by atoms with van der Waals surface area (Å²) < 4.78 is 33.7. The molecule has 7 nitrogen and oxygen atoms in total. The van der Waals surface area contributed by atoms with Crippen LogP contribution in [0.1, 0.15) is 44.5 Å². The molecule has 0 aliphatic rings. The van der Waals surface area contributed by atoms with Crippen LogP contribution in [0.15, 0.2) is 18.2 Å². The fourth-order valence-electron chi connectivity index (χ4n) is 2.60. The van der Waals surface area contributed by atoms with E-state index in [4.69, 9.17) is 27.5 Å². The molecule has 0 fully saturated rings. The van der Waals surface area contributed by atoms with Crippen molar-refractivity contribution >= 4 is 14.8 Å². The summed E-state index contributed by atoms with van der Waals surface area (Å²) in [5.41, 5.74) is 0.427. The van der Waals surface area contributed by atoms with E-state index in [0.29, 0.717) is 56.1 Å². The minimum Gasteiger partial charge on any atom is -0.493 e. The summed E-state index contributed by atoms with van der Waals surface area (Å²) in [6, 6.07) is 5.66. The molecular formula is C19H32O7Si. The van der Waals surface area contributed by atoms with Gasteiger partial charge in [-0.1, -0.05) is 0 Å². The molecule has 0 spiro atoms. The largest absolute Gasteiger partial charge is 0.501 e. The Morgan fingerprint density at radius 3 is 2.07 bits per heavy atom. The van der Waals surface area contributed by atoms with Crippen LogP contribution in [-0.2, 0) is 18.0 Å². The molecule has 0 saturated heterocycles. The second-order valence-corrected chi connectivity index (χ2v) is 8.25. The van der Waals surface area contributed by atoms with Gasteiger partial charge >= 0.3 is 14.8 Å². The minimum atomic E-state index is -2.66. The molecule has 0 saturated carbocycles. The van der Waals surface area contributed by atoms with Gasteiger partial charge in [-0.15, -0.1) is 0 Å². The van der Waals surface area contributed by atoms with Crippen molar-refractivity contribution in [1.82, 2.24) is 0 Å². The zero-order valence-electron chi connectivity index (χ0n) is 17.0. The molecule has 27 heavy (non-hydrogen) atoms. The van der Waals surface area contributed by atoms with Gasteiger partial charge in [0.1, 0.15) is 0 Å². The Morgan fingerprint density at radius 2 is 1.56 bits per heavy atom. The zero-order valence-corrected chi connectivity index (χ0v) is 18.0. The number of ether oxygens (including phenoxy) is 3. The van der Waals surface area contributed by atoms with Crippen LogP contribution in [0.25, 0.3) is 0 Å². The second-order valence-electron chi connectivity index (χ2n) is 5.52. The molecule has 0 bridgehead atoms. The molecule has 0 aliphatic heterocycles. The second kappa shape index (κ2) is 12.7. The SMILES string of the molecule is CCOC(=O)c1ccc(OCCC[Si](OCC)(OCC)OCC)c(OC)c1. The van der Waals surface area contributed by atoms with Gasteiger partial charge in [-0.3, -0.25) is 0 Å². The summed E-state index contributed by atoms with van der Waals surface area (Å²) in [6.07, 6.45) is 0.717. The summed E-state index contributed by atoms with van der Waals surface area (Å²) in [4.78, 5) is 11.8. The van der Waals surface area contributed by atoms with E-state index in [1.54, 1.807) is 25.1 Å². The van der Waals surface area contributed by atoms with Crippen molar-refractivity contribution in [3.63, 3.8) is 0 Å². The topological polar surface area (TPSA) is 72.5 Å². The lowest BCUT2D eigenvalue weighted by molar-refractivity contribution is 0.0525. The molecule has 1 aromatic rings. The van der Waals surface area contributed by atoms with Crippen LogP contribution >= 0.6 is 0 Å². The van der Waals surface area contributed by atoms with Gasteiger partial charge in [-0.25, -0.2) is 4.79 Å². The molecule has 0 unspecified atom stereocenters. The van der Waals surface area contributed by atoms with E-state index in [1.807, 2.05) is 20.8 Å². The molecule has 8 heteroatoms. The molecule has 1 rings (SSSR count). The number of carbonyl (C=O) groups excluding carboxylic acids is 1.